The smallest absolute Gasteiger partial charge is 0.230 e. The first-order valence-corrected chi connectivity index (χ1v) is 9.42. The van der Waals surface area contributed by atoms with Gasteiger partial charge in [0.25, 0.3) is 0 Å². The number of nitriles is 1. The molecule has 1 aromatic rings. The molecule has 4 nitrogen and oxygen atoms in total. The molecule has 1 aliphatic heterocycles. The third-order valence-corrected chi connectivity index (χ3v) is 4.93. The van der Waals surface area contributed by atoms with Crippen molar-refractivity contribution >= 4 is 17.7 Å². The van der Waals surface area contributed by atoms with Crippen LogP contribution in [0.15, 0.2) is 24.3 Å². The van der Waals surface area contributed by atoms with E-state index in [9.17, 15) is 4.79 Å². The number of carbonyl (C=O) groups excluding carboxylic acids is 1. The van der Waals surface area contributed by atoms with E-state index in [1.165, 1.54) is 0 Å². The van der Waals surface area contributed by atoms with Crippen LogP contribution in [0.1, 0.15) is 25.0 Å². The Labute approximate surface area is 143 Å². The summed E-state index contributed by atoms with van der Waals surface area (Å²) in [5.41, 5.74) is 1.86. The zero-order valence-electron chi connectivity index (χ0n) is 14.1. The third-order valence-electron chi connectivity index (χ3n) is 4.38. The second-order valence-electron chi connectivity index (χ2n) is 6.52. The summed E-state index contributed by atoms with van der Waals surface area (Å²) >= 11 is 1.55. The summed E-state index contributed by atoms with van der Waals surface area (Å²) < 4.78 is 0. The Morgan fingerprint density at radius 1 is 1.48 bits per heavy atom. The Morgan fingerprint density at radius 3 is 2.91 bits per heavy atom. The molecular formula is C18H25N3OS. The van der Waals surface area contributed by atoms with Gasteiger partial charge >= 0.3 is 0 Å². The molecule has 0 unspecified atom stereocenters. The molecule has 1 aliphatic rings. The minimum atomic E-state index is 0.126. The van der Waals surface area contributed by atoms with Gasteiger partial charge in [0.05, 0.1) is 17.4 Å². The van der Waals surface area contributed by atoms with Crippen molar-refractivity contribution in [1.82, 2.24) is 10.2 Å². The topological polar surface area (TPSA) is 56.1 Å². The summed E-state index contributed by atoms with van der Waals surface area (Å²) in [6, 6.07) is 10.2. The summed E-state index contributed by atoms with van der Waals surface area (Å²) in [6.07, 6.45) is 1.95. The van der Waals surface area contributed by atoms with Crippen LogP contribution < -0.4 is 5.32 Å². The van der Waals surface area contributed by atoms with Gasteiger partial charge in [0.1, 0.15) is 0 Å². The minimum Gasteiger partial charge on any atom is -0.351 e. The van der Waals surface area contributed by atoms with E-state index >= 15 is 0 Å². The lowest BCUT2D eigenvalue weighted by molar-refractivity contribution is -0.119. The number of carbonyl (C=O) groups is 1. The first-order valence-electron chi connectivity index (χ1n) is 8.03. The Morgan fingerprint density at radius 2 is 2.26 bits per heavy atom. The van der Waals surface area contributed by atoms with Crippen LogP contribution in [-0.2, 0) is 11.3 Å². The number of thioether (sulfide) groups is 1. The molecule has 23 heavy (non-hydrogen) atoms. The minimum absolute atomic E-state index is 0.126. The average molecular weight is 331 g/mol. The highest BCUT2D eigenvalue weighted by Gasteiger charge is 2.35. The molecule has 5 heteroatoms. The molecule has 1 amide bonds. The summed E-state index contributed by atoms with van der Waals surface area (Å²) in [5, 5.41) is 12.2. The second-order valence-corrected chi connectivity index (χ2v) is 7.39. The van der Waals surface area contributed by atoms with Crippen LogP contribution in [0.5, 0.6) is 0 Å². The van der Waals surface area contributed by atoms with Crippen LogP contribution in [0.2, 0.25) is 0 Å². The van der Waals surface area contributed by atoms with Crippen LogP contribution in [0.4, 0.5) is 0 Å². The van der Waals surface area contributed by atoms with Crippen molar-refractivity contribution in [3.05, 3.63) is 35.4 Å². The van der Waals surface area contributed by atoms with E-state index in [1.807, 2.05) is 24.5 Å². The molecule has 0 saturated carbocycles. The van der Waals surface area contributed by atoms with Crippen molar-refractivity contribution in [3.8, 4) is 6.07 Å². The molecular weight excluding hydrogens is 306 g/mol. The second kappa shape index (κ2) is 8.37. The summed E-state index contributed by atoms with van der Waals surface area (Å²) in [5.74, 6) is 1.65. The predicted octanol–water partition coefficient (Wildman–Crippen LogP) is 2.49. The van der Waals surface area contributed by atoms with Gasteiger partial charge in [-0.25, -0.2) is 0 Å². The van der Waals surface area contributed by atoms with Gasteiger partial charge in [0.15, 0.2) is 0 Å². The Balaban J connectivity index is 2.01. The summed E-state index contributed by atoms with van der Waals surface area (Å²) in [4.78, 5) is 14.3. The number of amides is 1. The van der Waals surface area contributed by atoms with Gasteiger partial charge in [-0.3, -0.25) is 9.69 Å². The van der Waals surface area contributed by atoms with E-state index in [4.69, 9.17) is 5.26 Å². The Bertz CT molecular complexity index is 582. The number of benzene rings is 1. The van der Waals surface area contributed by atoms with E-state index in [0.717, 1.165) is 25.2 Å². The maximum absolute atomic E-state index is 11.9. The van der Waals surface area contributed by atoms with Crippen LogP contribution >= 0.6 is 11.8 Å². The lowest BCUT2D eigenvalue weighted by Crippen LogP contribution is -2.42. The molecule has 1 aromatic carbocycles. The fourth-order valence-corrected chi connectivity index (χ4v) is 3.59. The van der Waals surface area contributed by atoms with Gasteiger partial charge in [0.2, 0.25) is 5.91 Å². The highest BCUT2D eigenvalue weighted by atomic mass is 32.2. The molecule has 0 aliphatic carbocycles. The first kappa shape index (κ1) is 17.8. The average Bonchev–Trinajstić information content (AvgIpc) is 2.90. The Hall–Kier alpha value is -1.51. The third kappa shape index (κ3) is 4.98. The van der Waals surface area contributed by atoms with Crippen molar-refractivity contribution in [3.63, 3.8) is 0 Å². The van der Waals surface area contributed by atoms with Gasteiger partial charge < -0.3 is 5.32 Å². The highest BCUT2D eigenvalue weighted by Crippen LogP contribution is 2.26. The quantitative estimate of drug-likeness (QED) is 0.870. The molecule has 2 rings (SSSR count). The van der Waals surface area contributed by atoms with Gasteiger partial charge in [-0.1, -0.05) is 26.0 Å². The van der Waals surface area contributed by atoms with Gasteiger partial charge in [0, 0.05) is 25.7 Å². The van der Waals surface area contributed by atoms with Gasteiger partial charge in [-0.15, -0.1) is 0 Å². The molecule has 1 N–H and O–H groups in total. The number of hydrogen-bond acceptors (Lipinski definition) is 4. The first-order chi connectivity index (χ1) is 11.0. The molecule has 0 radical (unpaired) electrons. The van der Waals surface area contributed by atoms with Crippen molar-refractivity contribution in [2.45, 2.75) is 26.4 Å². The van der Waals surface area contributed by atoms with E-state index in [1.54, 1.807) is 11.8 Å². The van der Waals surface area contributed by atoms with E-state index in [0.29, 0.717) is 23.2 Å². The number of nitrogens with one attached hydrogen (secondary N) is 1. The lowest BCUT2D eigenvalue weighted by atomic mass is 9.91. The predicted molar refractivity (Wildman–Crippen MR) is 95.1 cm³/mol. The fourth-order valence-electron chi connectivity index (χ4n) is 3.25. The monoisotopic (exact) mass is 331 g/mol. The highest BCUT2D eigenvalue weighted by molar-refractivity contribution is 7.99. The fraction of sp³-hybridized carbons (Fsp3) is 0.556. The number of rotatable bonds is 6. The lowest BCUT2D eigenvalue weighted by Gasteiger charge is -2.22. The largest absolute Gasteiger partial charge is 0.351 e. The van der Waals surface area contributed by atoms with Crippen LogP contribution in [0.25, 0.3) is 0 Å². The van der Waals surface area contributed by atoms with Crippen LogP contribution in [-0.4, -0.2) is 41.9 Å². The standard InChI is InChI=1S/C18H25N3OS/c1-13(2)16-10-21(11-17(16)20-18(22)12-23-3)9-15-6-4-5-14(7-15)8-19/h4-7,13,16-17H,9-12H2,1-3H3,(H,20,22)/t16-,17+/m1/s1. The molecule has 0 aromatic heterocycles. The van der Waals surface area contributed by atoms with Crippen LogP contribution in [0.3, 0.4) is 0 Å². The number of likely N-dealkylation sites (tertiary alicyclic amines) is 1. The van der Waals surface area contributed by atoms with Crippen LogP contribution in [0, 0.1) is 23.2 Å². The van der Waals surface area contributed by atoms with Crippen molar-refractivity contribution in [1.29, 1.82) is 5.26 Å². The van der Waals surface area contributed by atoms with E-state index < -0.39 is 0 Å². The zero-order valence-corrected chi connectivity index (χ0v) is 14.9. The molecule has 0 spiro atoms. The summed E-state index contributed by atoms with van der Waals surface area (Å²) in [6.45, 7) is 7.13. The molecule has 1 fully saturated rings. The number of nitrogens with zero attached hydrogens (tertiary/aromatic N) is 2. The molecule has 124 valence electrons. The Kier molecular flexibility index (Phi) is 6.49. The van der Waals surface area contributed by atoms with Gasteiger partial charge in [-0.05, 0) is 35.8 Å². The van der Waals surface area contributed by atoms with Crippen molar-refractivity contribution < 1.29 is 4.79 Å². The summed E-state index contributed by atoms with van der Waals surface area (Å²) in [7, 11) is 0. The van der Waals surface area contributed by atoms with Crippen molar-refractivity contribution in [2.75, 3.05) is 25.1 Å². The zero-order chi connectivity index (χ0) is 16.8. The van der Waals surface area contributed by atoms with Gasteiger partial charge in [-0.2, -0.15) is 17.0 Å². The maximum Gasteiger partial charge on any atom is 0.230 e. The molecule has 1 saturated heterocycles. The molecule has 2 atom stereocenters. The van der Waals surface area contributed by atoms with E-state index in [2.05, 4.69) is 36.2 Å². The SMILES string of the molecule is CSCC(=O)N[C@H]1CN(Cc2cccc(C#N)c2)C[C@@H]1C(C)C. The van der Waals surface area contributed by atoms with Crippen molar-refractivity contribution in [2.24, 2.45) is 11.8 Å². The number of hydrogen-bond donors (Lipinski definition) is 1. The maximum atomic E-state index is 11.9. The molecule has 1 heterocycles. The normalized spacial score (nSPS) is 21.3. The molecule has 0 bridgehead atoms. The van der Waals surface area contributed by atoms with E-state index in [-0.39, 0.29) is 11.9 Å².